The molecule has 2 aromatic rings. The smallest absolute Gasteiger partial charge is 0.133 e. The number of hydrogen-bond acceptors (Lipinski definition) is 2. The van der Waals surface area contributed by atoms with Crippen molar-refractivity contribution in [3.8, 4) is 0 Å². The van der Waals surface area contributed by atoms with Gasteiger partial charge in [0.15, 0.2) is 0 Å². The molecule has 1 heterocycles. The Hall–Kier alpha value is -1.62. The summed E-state index contributed by atoms with van der Waals surface area (Å²) in [7, 11) is 0. The highest BCUT2D eigenvalue weighted by molar-refractivity contribution is 6.33. The number of benzene rings is 2. The molecule has 0 amide bonds. The van der Waals surface area contributed by atoms with Crippen LogP contribution in [-0.2, 0) is 6.54 Å². The van der Waals surface area contributed by atoms with Crippen molar-refractivity contribution in [2.45, 2.75) is 6.54 Å². The van der Waals surface area contributed by atoms with Crippen LogP contribution in [0.3, 0.4) is 0 Å². The van der Waals surface area contributed by atoms with Gasteiger partial charge < -0.3 is 4.90 Å². The molecule has 0 atom stereocenters. The molecule has 0 bridgehead atoms. The van der Waals surface area contributed by atoms with Crippen molar-refractivity contribution < 1.29 is 9.29 Å². The number of hydrazone groups is 1. The molecule has 0 radical (unpaired) electrons. The first-order valence-electron chi connectivity index (χ1n) is 7.93. The summed E-state index contributed by atoms with van der Waals surface area (Å²) in [6.45, 7) is 4.49. The monoisotopic (exact) mass is 366 g/mol. The van der Waals surface area contributed by atoms with E-state index in [1.54, 1.807) is 12.1 Å². The molecule has 1 saturated heterocycles. The Balaban J connectivity index is 1.56. The van der Waals surface area contributed by atoms with E-state index >= 15 is 0 Å². The van der Waals surface area contributed by atoms with Crippen molar-refractivity contribution in [2.75, 3.05) is 26.2 Å². The van der Waals surface area contributed by atoms with E-state index in [1.807, 2.05) is 23.2 Å². The molecule has 0 spiro atoms. The zero-order valence-corrected chi connectivity index (χ0v) is 14.7. The van der Waals surface area contributed by atoms with Gasteiger partial charge in [-0.15, -0.1) is 0 Å². The van der Waals surface area contributed by atoms with Crippen LogP contribution in [-0.4, -0.2) is 37.4 Å². The van der Waals surface area contributed by atoms with Crippen LogP contribution in [0.1, 0.15) is 11.1 Å². The van der Waals surface area contributed by atoms with Crippen LogP contribution in [0.5, 0.6) is 0 Å². The average molecular weight is 367 g/mol. The zero-order valence-electron chi connectivity index (χ0n) is 13.2. The Labute approximate surface area is 151 Å². The molecule has 24 heavy (non-hydrogen) atoms. The Morgan fingerprint density at radius 2 is 1.75 bits per heavy atom. The molecule has 1 aliphatic rings. The van der Waals surface area contributed by atoms with Gasteiger partial charge in [0.1, 0.15) is 12.4 Å². The van der Waals surface area contributed by atoms with E-state index in [2.05, 4.69) is 11.2 Å². The number of hydrogen-bond donors (Lipinski definition) is 1. The minimum Gasteiger partial charge on any atom is -0.328 e. The van der Waals surface area contributed by atoms with Crippen molar-refractivity contribution in [3.05, 3.63) is 69.5 Å². The highest BCUT2D eigenvalue weighted by Crippen LogP contribution is 2.17. The molecule has 6 heteroatoms. The minimum absolute atomic E-state index is 0.338. The Morgan fingerprint density at radius 3 is 2.46 bits per heavy atom. The summed E-state index contributed by atoms with van der Waals surface area (Å²) in [5.74, 6) is -0.353. The first kappa shape index (κ1) is 17.2. The first-order valence-corrected chi connectivity index (χ1v) is 8.69. The normalized spacial score (nSPS) is 16.0. The molecular weight excluding hydrogens is 348 g/mol. The third-order valence-electron chi connectivity index (χ3n) is 4.20. The molecule has 0 unspecified atom stereocenters. The summed E-state index contributed by atoms with van der Waals surface area (Å²) in [6, 6.07) is 12.6. The fourth-order valence-electron chi connectivity index (χ4n) is 2.79. The summed E-state index contributed by atoms with van der Waals surface area (Å²) in [5, 5.41) is 7.53. The number of rotatable bonds is 4. The fraction of sp³-hybridized carbons (Fsp3) is 0.278. The summed E-state index contributed by atoms with van der Waals surface area (Å²) in [6.07, 6.45) is 1.51. The van der Waals surface area contributed by atoms with Crippen LogP contribution in [0.15, 0.2) is 47.6 Å². The van der Waals surface area contributed by atoms with Crippen molar-refractivity contribution >= 4 is 29.4 Å². The maximum atomic E-state index is 13.7. The fourth-order valence-corrected chi connectivity index (χ4v) is 3.20. The molecule has 1 fully saturated rings. The molecule has 3 rings (SSSR count). The summed E-state index contributed by atoms with van der Waals surface area (Å²) < 4.78 is 13.7. The van der Waals surface area contributed by atoms with Gasteiger partial charge in [-0.25, -0.2) is 4.39 Å². The van der Waals surface area contributed by atoms with Gasteiger partial charge in [0.2, 0.25) is 0 Å². The van der Waals surface area contributed by atoms with Crippen molar-refractivity contribution in [2.24, 2.45) is 5.10 Å². The highest BCUT2D eigenvalue weighted by Gasteiger charge is 2.19. The Morgan fingerprint density at radius 1 is 1.04 bits per heavy atom. The van der Waals surface area contributed by atoms with E-state index in [-0.39, 0.29) is 5.82 Å². The third-order valence-corrected chi connectivity index (χ3v) is 4.89. The van der Waals surface area contributed by atoms with Gasteiger partial charge in [0.05, 0.1) is 37.4 Å². The van der Waals surface area contributed by atoms with Crippen LogP contribution < -0.4 is 4.90 Å². The summed E-state index contributed by atoms with van der Waals surface area (Å²) >= 11 is 12.2. The van der Waals surface area contributed by atoms with Gasteiger partial charge in [0, 0.05) is 16.1 Å². The molecule has 0 aliphatic carbocycles. The second-order valence-corrected chi connectivity index (χ2v) is 6.67. The number of nitrogens with zero attached hydrogens (tertiary/aromatic N) is 2. The van der Waals surface area contributed by atoms with Gasteiger partial charge in [-0.2, -0.15) is 5.10 Å². The Bertz CT molecular complexity index is 708. The Kier molecular flexibility index (Phi) is 5.72. The number of halogens is 3. The quantitative estimate of drug-likeness (QED) is 0.824. The van der Waals surface area contributed by atoms with Gasteiger partial charge in [-0.1, -0.05) is 47.5 Å². The molecule has 1 N–H and O–H groups in total. The third kappa shape index (κ3) is 4.26. The standard InChI is InChI=1S/C18H18Cl2FN3/c19-16-5-2-1-4-14(16)13-23-8-10-24(11-9-23)22-12-15-17(20)6-3-7-18(15)21/h1-7,12H,8-11,13H2/p+1/b22-12+. The van der Waals surface area contributed by atoms with Crippen molar-refractivity contribution in [3.63, 3.8) is 0 Å². The maximum absolute atomic E-state index is 13.7. The largest absolute Gasteiger partial charge is 0.328 e. The van der Waals surface area contributed by atoms with E-state index in [4.69, 9.17) is 23.2 Å². The summed E-state index contributed by atoms with van der Waals surface area (Å²) in [4.78, 5) is 1.47. The predicted molar refractivity (Wildman–Crippen MR) is 96.4 cm³/mol. The average Bonchev–Trinajstić information content (AvgIpc) is 2.58. The highest BCUT2D eigenvalue weighted by atomic mass is 35.5. The van der Waals surface area contributed by atoms with Gasteiger partial charge >= 0.3 is 0 Å². The number of piperazine rings is 1. The molecule has 2 aromatic carbocycles. The lowest BCUT2D eigenvalue weighted by Crippen LogP contribution is -3.13. The topological polar surface area (TPSA) is 20.0 Å². The minimum atomic E-state index is -0.353. The van der Waals surface area contributed by atoms with Gasteiger partial charge in [-0.05, 0) is 18.2 Å². The first-order chi connectivity index (χ1) is 11.6. The van der Waals surface area contributed by atoms with E-state index in [0.717, 1.165) is 37.7 Å². The van der Waals surface area contributed by atoms with Crippen LogP contribution in [0.25, 0.3) is 0 Å². The van der Waals surface area contributed by atoms with Crippen molar-refractivity contribution in [1.82, 2.24) is 5.01 Å². The lowest BCUT2D eigenvalue weighted by molar-refractivity contribution is -0.918. The predicted octanol–water partition coefficient (Wildman–Crippen LogP) is 2.87. The number of nitrogens with one attached hydrogen (secondary N) is 1. The molecular formula is C18H19Cl2FN3+. The van der Waals surface area contributed by atoms with Crippen molar-refractivity contribution in [1.29, 1.82) is 0 Å². The van der Waals surface area contributed by atoms with E-state index in [0.29, 0.717) is 10.6 Å². The SMILES string of the molecule is Fc1cccc(Cl)c1/C=N/N1CC[NH+](Cc2ccccc2Cl)CC1. The zero-order chi connectivity index (χ0) is 16.9. The molecule has 3 nitrogen and oxygen atoms in total. The van der Waals surface area contributed by atoms with E-state index in [9.17, 15) is 4.39 Å². The van der Waals surface area contributed by atoms with Crippen LogP contribution in [0.4, 0.5) is 4.39 Å². The van der Waals surface area contributed by atoms with E-state index < -0.39 is 0 Å². The number of quaternary nitrogens is 1. The van der Waals surface area contributed by atoms with Crippen LogP contribution in [0.2, 0.25) is 10.0 Å². The molecule has 0 aromatic heterocycles. The van der Waals surface area contributed by atoms with Crippen LogP contribution >= 0.6 is 23.2 Å². The van der Waals surface area contributed by atoms with Gasteiger partial charge in [0.25, 0.3) is 0 Å². The second-order valence-electron chi connectivity index (χ2n) is 5.85. The molecule has 0 saturated carbocycles. The van der Waals surface area contributed by atoms with Crippen LogP contribution in [0, 0.1) is 5.82 Å². The lowest BCUT2D eigenvalue weighted by atomic mass is 10.2. The van der Waals surface area contributed by atoms with E-state index in [1.165, 1.54) is 22.7 Å². The second kappa shape index (κ2) is 7.97. The summed E-state index contributed by atoms with van der Waals surface area (Å²) in [5.41, 5.74) is 1.51. The van der Waals surface area contributed by atoms with Gasteiger partial charge in [-0.3, -0.25) is 5.01 Å². The molecule has 126 valence electrons. The maximum Gasteiger partial charge on any atom is 0.133 e. The lowest BCUT2D eigenvalue weighted by Gasteiger charge is -2.30. The molecule has 1 aliphatic heterocycles.